The van der Waals surface area contributed by atoms with Gasteiger partial charge in [0.25, 0.3) is 0 Å². The summed E-state index contributed by atoms with van der Waals surface area (Å²) in [7, 11) is 0. The Hall–Kier alpha value is -4.88. The molecule has 2 aliphatic carbocycles. The molecular weight excluding hydrogens is 482 g/mol. The minimum absolute atomic E-state index is 0.165. The van der Waals surface area contributed by atoms with Crippen LogP contribution in [0.3, 0.4) is 0 Å². The lowest BCUT2D eigenvalue weighted by molar-refractivity contribution is 0.853. The minimum atomic E-state index is 0.165. The first-order chi connectivity index (χ1) is 19.8. The Labute approximate surface area is 233 Å². The van der Waals surface area contributed by atoms with Crippen molar-refractivity contribution in [3.8, 4) is 11.1 Å². The third-order valence-corrected chi connectivity index (χ3v) is 9.24. The summed E-state index contributed by atoms with van der Waals surface area (Å²) in [4.78, 5) is 2.46. The first-order valence-corrected chi connectivity index (χ1v) is 14.2. The molecule has 1 heteroatoms. The molecule has 0 amide bonds. The molecular formula is C39H27N. The van der Waals surface area contributed by atoms with Gasteiger partial charge in [-0.1, -0.05) is 109 Å². The summed E-state index contributed by atoms with van der Waals surface area (Å²) in [6.45, 7) is 0. The van der Waals surface area contributed by atoms with Crippen molar-refractivity contribution in [2.75, 3.05) is 4.90 Å². The van der Waals surface area contributed by atoms with Gasteiger partial charge in [-0.25, -0.2) is 0 Å². The molecule has 1 saturated carbocycles. The Morgan fingerprint density at radius 2 is 1.05 bits per heavy atom. The summed E-state index contributed by atoms with van der Waals surface area (Å²) in [5.74, 6) is 0. The van der Waals surface area contributed by atoms with Crippen LogP contribution >= 0.6 is 0 Å². The van der Waals surface area contributed by atoms with Crippen molar-refractivity contribution < 1.29 is 0 Å². The molecule has 40 heavy (non-hydrogen) atoms. The van der Waals surface area contributed by atoms with Crippen LogP contribution in [0.5, 0.6) is 0 Å². The average molecular weight is 510 g/mol. The zero-order valence-electron chi connectivity index (χ0n) is 22.1. The second-order valence-electron chi connectivity index (χ2n) is 11.4. The molecule has 2 aliphatic rings. The van der Waals surface area contributed by atoms with Gasteiger partial charge in [-0.05, 0) is 92.4 Å². The Morgan fingerprint density at radius 3 is 1.73 bits per heavy atom. The number of benzene rings is 7. The molecule has 188 valence electrons. The fourth-order valence-corrected chi connectivity index (χ4v) is 7.21. The van der Waals surface area contributed by atoms with Gasteiger partial charge in [0.15, 0.2) is 0 Å². The Morgan fingerprint density at radius 1 is 0.450 bits per heavy atom. The Bertz CT molecular complexity index is 2050. The minimum Gasteiger partial charge on any atom is -0.310 e. The molecule has 0 N–H and O–H groups in total. The van der Waals surface area contributed by atoms with E-state index in [4.69, 9.17) is 0 Å². The molecule has 1 fully saturated rings. The molecule has 7 aromatic rings. The van der Waals surface area contributed by atoms with E-state index in [1.54, 1.807) is 0 Å². The van der Waals surface area contributed by atoms with E-state index < -0.39 is 0 Å². The second kappa shape index (κ2) is 8.07. The highest BCUT2D eigenvalue weighted by molar-refractivity contribution is 6.11. The van der Waals surface area contributed by atoms with Crippen LogP contribution in [-0.2, 0) is 5.41 Å². The molecule has 0 heterocycles. The van der Waals surface area contributed by atoms with Crippen LogP contribution in [0, 0.1) is 0 Å². The molecule has 1 spiro atoms. The van der Waals surface area contributed by atoms with Gasteiger partial charge in [-0.15, -0.1) is 0 Å². The molecule has 0 saturated heterocycles. The molecule has 0 unspecified atom stereocenters. The summed E-state index contributed by atoms with van der Waals surface area (Å²) in [5.41, 5.74) is 9.50. The second-order valence-corrected chi connectivity index (χ2v) is 11.4. The lowest BCUT2D eigenvalue weighted by atomic mass is 9.74. The van der Waals surface area contributed by atoms with E-state index in [-0.39, 0.29) is 5.41 Å². The maximum atomic E-state index is 2.46. The third-order valence-electron chi connectivity index (χ3n) is 9.24. The van der Waals surface area contributed by atoms with Gasteiger partial charge in [0.05, 0.1) is 5.69 Å². The Kier molecular flexibility index (Phi) is 4.43. The molecule has 0 radical (unpaired) electrons. The maximum Gasteiger partial charge on any atom is 0.0540 e. The van der Waals surface area contributed by atoms with Gasteiger partial charge in [0, 0.05) is 22.2 Å². The number of nitrogens with zero attached hydrogens (tertiary/aromatic N) is 1. The quantitative estimate of drug-likeness (QED) is 0.229. The van der Waals surface area contributed by atoms with Gasteiger partial charge in [0.2, 0.25) is 0 Å². The standard InChI is InChI=1S/C39H27N/c1-3-10-28-24-30(18-16-26(28)8-1)40(31-19-17-27-9-2-4-11-29(27)25-31)37-21-20-33-32-12-5-6-14-35(32)39(22-23-39)36-15-7-13-34(37)38(33)36/h1-21,24-25H,22-23H2. The van der Waals surface area contributed by atoms with E-state index in [0.29, 0.717) is 0 Å². The zero-order valence-corrected chi connectivity index (χ0v) is 22.1. The van der Waals surface area contributed by atoms with Crippen molar-refractivity contribution in [2.24, 2.45) is 0 Å². The maximum absolute atomic E-state index is 2.46. The molecule has 9 rings (SSSR count). The highest BCUT2D eigenvalue weighted by Gasteiger charge is 2.50. The third kappa shape index (κ3) is 3.03. The van der Waals surface area contributed by atoms with E-state index in [1.807, 2.05) is 0 Å². The number of anilines is 3. The normalized spacial score (nSPS) is 14.5. The van der Waals surface area contributed by atoms with Crippen LogP contribution in [0.2, 0.25) is 0 Å². The average Bonchev–Trinajstić information content (AvgIpc) is 3.82. The lowest BCUT2D eigenvalue weighted by Gasteiger charge is -2.32. The monoisotopic (exact) mass is 509 g/mol. The SMILES string of the molecule is c1ccc2c(c1)-c1ccc(N(c3ccc4ccccc4c3)c3ccc4ccccc4c3)c3cccc(c13)C21CC1. The van der Waals surface area contributed by atoms with Gasteiger partial charge in [-0.2, -0.15) is 0 Å². The highest BCUT2D eigenvalue weighted by atomic mass is 15.1. The largest absolute Gasteiger partial charge is 0.310 e. The van der Waals surface area contributed by atoms with Crippen LogP contribution in [0.4, 0.5) is 17.1 Å². The summed E-state index contributed by atoms with van der Waals surface area (Å²) in [6.07, 6.45) is 2.46. The van der Waals surface area contributed by atoms with Gasteiger partial charge >= 0.3 is 0 Å². The van der Waals surface area contributed by atoms with Crippen molar-refractivity contribution in [1.82, 2.24) is 0 Å². The van der Waals surface area contributed by atoms with Gasteiger partial charge < -0.3 is 4.90 Å². The van der Waals surface area contributed by atoms with Crippen LogP contribution in [0.1, 0.15) is 24.0 Å². The van der Waals surface area contributed by atoms with E-state index in [0.717, 1.165) is 0 Å². The first kappa shape index (κ1) is 22.0. The molecule has 0 aromatic heterocycles. The van der Waals surface area contributed by atoms with Crippen molar-refractivity contribution in [1.29, 1.82) is 0 Å². The summed E-state index contributed by atoms with van der Waals surface area (Å²) < 4.78 is 0. The van der Waals surface area contributed by atoms with Crippen LogP contribution in [0.15, 0.2) is 140 Å². The number of hydrogen-bond donors (Lipinski definition) is 0. The predicted octanol–water partition coefficient (Wildman–Crippen LogP) is 10.7. The summed E-state index contributed by atoms with van der Waals surface area (Å²) in [6, 6.07) is 51.8. The molecule has 1 nitrogen and oxygen atoms in total. The van der Waals surface area contributed by atoms with Crippen LogP contribution in [0.25, 0.3) is 43.4 Å². The molecule has 0 aliphatic heterocycles. The zero-order chi connectivity index (χ0) is 26.3. The van der Waals surface area contributed by atoms with Crippen LogP contribution in [-0.4, -0.2) is 0 Å². The molecule has 0 bridgehead atoms. The van der Waals surface area contributed by atoms with E-state index in [1.165, 1.54) is 84.5 Å². The first-order valence-electron chi connectivity index (χ1n) is 14.2. The highest BCUT2D eigenvalue weighted by Crippen LogP contribution is 2.62. The smallest absolute Gasteiger partial charge is 0.0540 e. The molecule has 7 aromatic carbocycles. The summed E-state index contributed by atoms with van der Waals surface area (Å²) >= 11 is 0. The fraction of sp³-hybridized carbons (Fsp3) is 0.0769. The van der Waals surface area contributed by atoms with Gasteiger partial charge in [-0.3, -0.25) is 0 Å². The lowest BCUT2D eigenvalue weighted by Crippen LogP contribution is -2.16. The predicted molar refractivity (Wildman–Crippen MR) is 169 cm³/mol. The van der Waals surface area contributed by atoms with Gasteiger partial charge in [0.1, 0.15) is 0 Å². The van der Waals surface area contributed by atoms with Crippen molar-refractivity contribution in [3.63, 3.8) is 0 Å². The van der Waals surface area contributed by atoms with Crippen LogP contribution < -0.4 is 4.90 Å². The van der Waals surface area contributed by atoms with Crippen molar-refractivity contribution in [3.05, 3.63) is 151 Å². The van der Waals surface area contributed by atoms with Crippen molar-refractivity contribution >= 4 is 49.4 Å². The van der Waals surface area contributed by atoms with Crippen molar-refractivity contribution in [2.45, 2.75) is 18.3 Å². The number of fused-ring (bicyclic) bond motifs is 6. The van der Waals surface area contributed by atoms with E-state index >= 15 is 0 Å². The number of hydrogen-bond acceptors (Lipinski definition) is 1. The number of rotatable bonds is 3. The summed E-state index contributed by atoms with van der Waals surface area (Å²) in [5, 5.41) is 7.75. The molecule has 0 atom stereocenters. The van der Waals surface area contributed by atoms with E-state index in [2.05, 4.69) is 144 Å². The fourth-order valence-electron chi connectivity index (χ4n) is 7.21. The van der Waals surface area contributed by atoms with E-state index in [9.17, 15) is 0 Å². The Balaban J connectivity index is 1.35. The topological polar surface area (TPSA) is 3.24 Å².